The molecule has 0 aromatic heterocycles. The average molecular weight is 383 g/mol. The normalized spacial score (nSPS) is 22.4. The van der Waals surface area contributed by atoms with Crippen LogP contribution in [0.3, 0.4) is 0 Å². The lowest BCUT2D eigenvalue weighted by Crippen LogP contribution is -2.52. The maximum atomic E-state index is 10.6. The number of rotatable bonds is 8. The van der Waals surface area contributed by atoms with E-state index in [1.54, 1.807) is 0 Å². The number of hydrogen-bond donors (Lipinski definition) is 2. The van der Waals surface area contributed by atoms with Crippen molar-refractivity contribution in [2.45, 2.75) is 50.0 Å². The quantitative estimate of drug-likeness (QED) is 0.732. The first-order valence-electron chi connectivity index (χ1n) is 10.4. The van der Waals surface area contributed by atoms with Crippen molar-refractivity contribution < 1.29 is 10.2 Å². The van der Waals surface area contributed by atoms with Crippen LogP contribution >= 0.6 is 0 Å². The van der Waals surface area contributed by atoms with E-state index in [9.17, 15) is 10.2 Å². The fourth-order valence-electron chi connectivity index (χ4n) is 4.50. The van der Waals surface area contributed by atoms with Crippen LogP contribution in [0.2, 0.25) is 0 Å². The summed E-state index contributed by atoms with van der Waals surface area (Å²) >= 11 is 0. The zero-order chi connectivity index (χ0) is 19.9. The van der Waals surface area contributed by atoms with Crippen LogP contribution in [0.1, 0.15) is 49.0 Å². The van der Waals surface area contributed by atoms with Gasteiger partial charge in [0.2, 0.25) is 0 Å². The first kappa shape index (κ1) is 21.0. The molecule has 0 radical (unpaired) electrons. The minimum absolute atomic E-state index is 0.389. The Kier molecular flexibility index (Phi) is 7.63. The highest BCUT2D eigenvalue weighted by molar-refractivity contribution is 5.18. The molecule has 2 aromatic carbocycles. The molecule has 0 unspecified atom stereocenters. The summed E-state index contributed by atoms with van der Waals surface area (Å²) in [5.41, 5.74) is 1.93. The van der Waals surface area contributed by atoms with Gasteiger partial charge in [-0.15, -0.1) is 0 Å². The maximum Gasteiger partial charge on any atom is 0.0916 e. The third kappa shape index (κ3) is 5.42. The lowest BCUT2D eigenvalue weighted by Gasteiger charge is -2.43. The Morgan fingerprint density at radius 1 is 0.714 bits per heavy atom. The summed E-state index contributed by atoms with van der Waals surface area (Å²) in [5.74, 6) is 0. The summed E-state index contributed by atoms with van der Waals surface area (Å²) in [4.78, 5) is 4.62. The Bertz CT molecular complexity index is 633. The van der Waals surface area contributed by atoms with Crippen LogP contribution in [0, 0.1) is 0 Å². The van der Waals surface area contributed by atoms with E-state index in [-0.39, 0.29) is 0 Å². The van der Waals surface area contributed by atoms with Gasteiger partial charge in [0.1, 0.15) is 0 Å². The van der Waals surface area contributed by atoms with E-state index in [2.05, 4.69) is 23.9 Å². The van der Waals surface area contributed by atoms with E-state index in [0.29, 0.717) is 25.2 Å². The van der Waals surface area contributed by atoms with Crippen molar-refractivity contribution in [3.05, 3.63) is 71.8 Å². The molecule has 152 valence electrons. The van der Waals surface area contributed by atoms with Crippen LogP contribution in [-0.4, -0.2) is 59.3 Å². The second kappa shape index (κ2) is 10.2. The highest BCUT2D eigenvalue weighted by atomic mass is 16.3. The number of aliphatic hydroxyl groups is 2. The number of likely N-dealkylation sites (N-methyl/N-ethyl adjacent to an activating group) is 2. The third-order valence-electron chi connectivity index (χ3n) is 6.12. The highest BCUT2D eigenvalue weighted by Crippen LogP contribution is 2.28. The minimum Gasteiger partial charge on any atom is -0.387 e. The second-order valence-corrected chi connectivity index (χ2v) is 8.15. The van der Waals surface area contributed by atoms with Crippen LogP contribution in [0.25, 0.3) is 0 Å². The number of aliphatic hydroxyl groups excluding tert-OH is 2. The molecule has 0 amide bonds. The third-order valence-corrected chi connectivity index (χ3v) is 6.12. The molecule has 2 N–H and O–H groups in total. The summed E-state index contributed by atoms with van der Waals surface area (Å²) in [6.07, 6.45) is 3.76. The van der Waals surface area contributed by atoms with Crippen LogP contribution in [-0.2, 0) is 0 Å². The Morgan fingerprint density at radius 3 is 1.43 bits per heavy atom. The van der Waals surface area contributed by atoms with Crippen molar-refractivity contribution in [2.75, 3.05) is 27.2 Å². The van der Waals surface area contributed by atoms with Gasteiger partial charge in [0.05, 0.1) is 12.2 Å². The highest BCUT2D eigenvalue weighted by Gasteiger charge is 2.32. The molecule has 1 fully saturated rings. The van der Waals surface area contributed by atoms with Gasteiger partial charge in [-0.3, -0.25) is 9.80 Å². The van der Waals surface area contributed by atoms with Gasteiger partial charge in [-0.2, -0.15) is 0 Å². The lowest BCUT2D eigenvalue weighted by atomic mass is 9.87. The summed E-state index contributed by atoms with van der Waals surface area (Å²) in [6, 6.07) is 20.6. The Morgan fingerprint density at radius 2 is 1.07 bits per heavy atom. The molecular formula is C24H34N2O2. The van der Waals surface area contributed by atoms with Gasteiger partial charge in [0.25, 0.3) is 0 Å². The molecule has 4 atom stereocenters. The Labute approximate surface area is 169 Å². The van der Waals surface area contributed by atoms with Crippen LogP contribution in [0.5, 0.6) is 0 Å². The first-order chi connectivity index (χ1) is 13.6. The van der Waals surface area contributed by atoms with E-state index in [4.69, 9.17) is 0 Å². The predicted octanol–water partition coefficient (Wildman–Crippen LogP) is 3.63. The molecule has 0 heterocycles. The van der Waals surface area contributed by atoms with E-state index in [1.165, 1.54) is 12.8 Å². The van der Waals surface area contributed by atoms with Gasteiger partial charge in [-0.05, 0) is 38.1 Å². The van der Waals surface area contributed by atoms with Crippen molar-refractivity contribution >= 4 is 0 Å². The standard InChI is InChI=1S/C24H34N2O2/c1-25(17-23(27)19-11-5-3-6-12-19)21-15-9-10-16-22(21)26(2)18-24(28)20-13-7-4-8-14-20/h3-8,11-14,21-24,27-28H,9-10,15-18H2,1-2H3/t21-,22-,23-,24-/m1/s1. The minimum atomic E-state index is -0.478. The monoisotopic (exact) mass is 382 g/mol. The van der Waals surface area contributed by atoms with Crippen molar-refractivity contribution in [1.29, 1.82) is 0 Å². The Hall–Kier alpha value is -1.72. The summed E-state index contributed by atoms with van der Waals surface area (Å²) in [7, 11) is 4.24. The number of nitrogens with zero attached hydrogens (tertiary/aromatic N) is 2. The molecule has 1 aliphatic carbocycles. The van der Waals surface area contributed by atoms with E-state index < -0.39 is 12.2 Å². The molecule has 4 heteroatoms. The van der Waals surface area contributed by atoms with Gasteiger partial charge in [0.15, 0.2) is 0 Å². The summed E-state index contributed by atoms with van der Waals surface area (Å²) < 4.78 is 0. The topological polar surface area (TPSA) is 46.9 Å². The maximum absolute atomic E-state index is 10.6. The molecular weight excluding hydrogens is 348 g/mol. The summed E-state index contributed by atoms with van der Waals surface area (Å²) in [5, 5.41) is 21.3. The van der Waals surface area contributed by atoms with Gasteiger partial charge in [-0.25, -0.2) is 0 Å². The zero-order valence-electron chi connectivity index (χ0n) is 17.1. The lowest BCUT2D eigenvalue weighted by molar-refractivity contribution is 0.0239. The summed E-state index contributed by atoms with van der Waals surface area (Å²) in [6.45, 7) is 1.25. The van der Waals surface area contributed by atoms with Crippen molar-refractivity contribution in [1.82, 2.24) is 9.80 Å². The van der Waals surface area contributed by atoms with E-state index in [1.807, 2.05) is 60.7 Å². The van der Waals surface area contributed by atoms with Crippen LogP contribution in [0.4, 0.5) is 0 Å². The molecule has 1 aliphatic rings. The van der Waals surface area contributed by atoms with Crippen molar-refractivity contribution in [3.63, 3.8) is 0 Å². The second-order valence-electron chi connectivity index (χ2n) is 8.15. The molecule has 0 bridgehead atoms. The fourth-order valence-corrected chi connectivity index (χ4v) is 4.50. The van der Waals surface area contributed by atoms with E-state index >= 15 is 0 Å². The van der Waals surface area contributed by atoms with Crippen LogP contribution < -0.4 is 0 Å². The Balaban J connectivity index is 1.62. The van der Waals surface area contributed by atoms with E-state index in [0.717, 1.165) is 24.0 Å². The van der Waals surface area contributed by atoms with Gasteiger partial charge in [-0.1, -0.05) is 73.5 Å². The zero-order valence-corrected chi connectivity index (χ0v) is 17.1. The van der Waals surface area contributed by atoms with Gasteiger partial charge in [0, 0.05) is 25.2 Å². The molecule has 1 saturated carbocycles. The predicted molar refractivity (Wildman–Crippen MR) is 114 cm³/mol. The first-order valence-corrected chi connectivity index (χ1v) is 10.4. The van der Waals surface area contributed by atoms with Crippen molar-refractivity contribution in [3.8, 4) is 0 Å². The fraction of sp³-hybridized carbons (Fsp3) is 0.500. The SMILES string of the molecule is CN(C[C@@H](O)c1ccccc1)[C@@H]1CCCC[C@H]1N(C)C[C@@H](O)c1ccccc1. The molecule has 0 spiro atoms. The van der Waals surface area contributed by atoms with Gasteiger partial charge < -0.3 is 10.2 Å². The van der Waals surface area contributed by atoms with Gasteiger partial charge >= 0.3 is 0 Å². The smallest absolute Gasteiger partial charge is 0.0916 e. The number of benzene rings is 2. The molecule has 0 aliphatic heterocycles. The van der Waals surface area contributed by atoms with Crippen molar-refractivity contribution in [2.24, 2.45) is 0 Å². The molecule has 28 heavy (non-hydrogen) atoms. The molecule has 2 aromatic rings. The average Bonchev–Trinajstić information content (AvgIpc) is 2.74. The molecule has 0 saturated heterocycles. The van der Waals surface area contributed by atoms with Crippen LogP contribution in [0.15, 0.2) is 60.7 Å². The number of hydrogen-bond acceptors (Lipinski definition) is 4. The molecule has 3 rings (SSSR count). The largest absolute Gasteiger partial charge is 0.387 e. The molecule has 4 nitrogen and oxygen atoms in total.